The highest BCUT2D eigenvalue weighted by Crippen LogP contribution is 2.16. The first-order valence-corrected chi connectivity index (χ1v) is 4.19. The molecule has 0 aliphatic rings. The van der Waals surface area contributed by atoms with E-state index in [0.29, 0.717) is 12.1 Å². The predicted molar refractivity (Wildman–Crippen MR) is 50.0 cm³/mol. The van der Waals surface area contributed by atoms with Crippen LogP contribution in [0, 0.1) is 0 Å². The summed E-state index contributed by atoms with van der Waals surface area (Å²) in [6.07, 6.45) is 0.786. The maximum absolute atomic E-state index is 10.5. The fraction of sp³-hybridized carbons (Fsp3) is 0.300. The summed E-state index contributed by atoms with van der Waals surface area (Å²) in [5.41, 5.74) is 1.42. The summed E-state index contributed by atoms with van der Waals surface area (Å²) in [6, 6.07) is 4.88. The minimum Gasteiger partial charge on any atom is -0.507 e. The Kier molecular flexibility index (Phi) is 3.03. The van der Waals surface area contributed by atoms with Crippen LogP contribution in [-0.4, -0.2) is 25.5 Å². The molecule has 3 nitrogen and oxygen atoms in total. The number of phenolic OH excluding ortho intramolecular Hbond substituents is 1. The molecule has 0 bridgehead atoms. The van der Waals surface area contributed by atoms with E-state index < -0.39 is 0 Å². The van der Waals surface area contributed by atoms with Crippen LogP contribution in [0.15, 0.2) is 18.2 Å². The van der Waals surface area contributed by atoms with Crippen LogP contribution in [0.4, 0.5) is 0 Å². The highest BCUT2D eigenvalue weighted by Gasteiger charge is 2.05. The third kappa shape index (κ3) is 2.56. The maximum Gasteiger partial charge on any atom is 0.150 e. The second-order valence-corrected chi connectivity index (χ2v) is 3.39. The Bertz CT molecular complexity index is 308. The molecular formula is C10H14NO2+. The lowest BCUT2D eigenvalue weighted by Crippen LogP contribution is -3.04. The van der Waals surface area contributed by atoms with Crippen molar-refractivity contribution in [3.05, 3.63) is 29.3 Å². The quantitative estimate of drug-likeness (QED) is 0.635. The second kappa shape index (κ2) is 4.05. The largest absolute Gasteiger partial charge is 0.507 e. The molecule has 0 amide bonds. The van der Waals surface area contributed by atoms with Gasteiger partial charge in [-0.05, 0) is 18.2 Å². The first-order valence-electron chi connectivity index (χ1n) is 4.19. The highest BCUT2D eigenvalue weighted by atomic mass is 16.3. The Balaban J connectivity index is 2.96. The van der Waals surface area contributed by atoms with Gasteiger partial charge in [0.1, 0.15) is 18.6 Å². The molecule has 1 aromatic rings. The number of rotatable bonds is 3. The van der Waals surface area contributed by atoms with Crippen LogP contribution in [-0.2, 0) is 6.54 Å². The van der Waals surface area contributed by atoms with Crippen molar-refractivity contribution in [1.29, 1.82) is 0 Å². The molecule has 1 rings (SSSR count). The van der Waals surface area contributed by atoms with Crippen LogP contribution in [0.5, 0.6) is 5.75 Å². The van der Waals surface area contributed by atoms with Crippen LogP contribution >= 0.6 is 0 Å². The predicted octanol–water partition coefficient (Wildman–Crippen LogP) is -0.151. The summed E-state index contributed by atoms with van der Waals surface area (Å²) >= 11 is 0. The first kappa shape index (κ1) is 9.74. The minimum atomic E-state index is 0.256. The normalized spacial score (nSPS) is 10.4. The standard InChI is InChI=1S/C10H13NO2/c1-11(2)6-9-5-8(7-12)3-4-10(9)13/h3-5,7,13H,6H2,1-2H3/p+1. The average molecular weight is 180 g/mol. The van der Waals surface area contributed by atoms with E-state index in [2.05, 4.69) is 0 Å². The number of carbonyl (C=O) groups is 1. The Hall–Kier alpha value is -1.35. The lowest BCUT2D eigenvalue weighted by atomic mass is 10.1. The van der Waals surface area contributed by atoms with Crippen molar-refractivity contribution < 1.29 is 14.8 Å². The third-order valence-electron chi connectivity index (χ3n) is 1.78. The van der Waals surface area contributed by atoms with Crippen LogP contribution < -0.4 is 4.90 Å². The molecule has 0 spiro atoms. The molecule has 0 heterocycles. The van der Waals surface area contributed by atoms with Gasteiger partial charge in [-0.1, -0.05) is 0 Å². The van der Waals surface area contributed by atoms with Gasteiger partial charge in [0.05, 0.1) is 14.1 Å². The second-order valence-electron chi connectivity index (χ2n) is 3.39. The number of aldehydes is 1. The van der Waals surface area contributed by atoms with Crippen molar-refractivity contribution >= 4 is 6.29 Å². The number of benzene rings is 1. The summed E-state index contributed by atoms with van der Waals surface area (Å²) in [7, 11) is 3.99. The van der Waals surface area contributed by atoms with E-state index in [1.165, 1.54) is 4.90 Å². The van der Waals surface area contributed by atoms with E-state index >= 15 is 0 Å². The molecule has 0 aliphatic carbocycles. The van der Waals surface area contributed by atoms with E-state index in [9.17, 15) is 9.90 Å². The molecular weight excluding hydrogens is 166 g/mol. The molecule has 70 valence electrons. The van der Waals surface area contributed by atoms with Gasteiger partial charge >= 0.3 is 0 Å². The number of hydrogen-bond donors (Lipinski definition) is 2. The Morgan fingerprint density at radius 2 is 2.15 bits per heavy atom. The number of carbonyl (C=O) groups excluding carboxylic acids is 1. The van der Waals surface area contributed by atoms with Crippen LogP contribution in [0.3, 0.4) is 0 Å². The monoisotopic (exact) mass is 180 g/mol. The lowest BCUT2D eigenvalue weighted by Gasteiger charge is -2.08. The van der Waals surface area contributed by atoms with Crippen molar-refractivity contribution in [2.45, 2.75) is 6.54 Å². The topological polar surface area (TPSA) is 41.7 Å². The maximum atomic E-state index is 10.5. The van der Waals surface area contributed by atoms with Crippen LogP contribution in [0.2, 0.25) is 0 Å². The van der Waals surface area contributed by atoms with Gasteiger partial charge in [-0.15, -0.1) is 0 Å². The van der Waals surface area contributed by atoms with Crippen molar-refractivity contribution in [2.75, 3.05) is 14.1 Å². The third-order valence-corrected chi connectivity index (χ3v) is 1.78. The minimum absolute atomic E-state index is 0.256. The summed E-state index contributed by atoms with van der Waals surface area (Å²) in [4.78, 5) is 11.7. The van der Waals surface area contributed by atoms with Gasteiger partial charge in [0, 0.05) is 11.1 Å². The molecule has 13 heavy (non-hydrogen) atoms. The first-order chi connectivity index (χ1) is 6.13. The molecule has 1 aromatic carbocycles. The zero-order valence-corrected chi connectivity index (χ0v) is 7.87. The van der Waals surface area contributed by atoms with Crippen LogP contribution in [0.1, 0.15) is 15.9 Å². The number of hydrogen-bond acceptors (Lipinski definition) is 2. The van der Waals surface area contributed by atoms with E-state index in [0.717, 1.165) is 11.8 Å². The lowest BCUT2D eigenvalue weighted by molar-refractivity contribution is -0.872. The van der Waals surface area contributed by atoms with E-state index in [1.54, 1.807) is 18.2 Å². The summed E-state index contributed by atoms with van der Waals surface area (Å²) < 4.78 is 0. The van der Waals surface area contributed by atoms with Crippen molar-refractivity contribution in [2.24, 2.45) is 0 Å². The zero-order valence-electron chi connectivity index (χ0n) is 7.87. The van der Waals surface area contributed by atoms with Gasteiger partial charge in [-0.25, -0.2) is 0 Å². The molecule has 0 fully saturated rings. The number of quaternary nitrogens is 1. The fourth-order valence-corrected chi connectivity index (χ4v) is 1.20. The highest BCUT2D eigenvalue weighted by molar-refractivity contribution is 5.75. The average Bonchev–Trinajstić information content (AvgIpc) is 2.08. The SMILES string of the molecule is C[NH+](C)Cc1cc(C=O)ccc1O. The summed E-state index contributed by atoms with van der Waals surface area (Å²) in [6.45, 7) is 0.716. The van der Waals surface area contributed by atoms with Gasteiger partial charge < -0.3 is 10.0 Å². The smallest absolute Gasteiger partial charge is 0.150 e. The van der Waals surface area contributed by atoms with E-state index in [4.69, 9.17) is 0 Å². The van der Waals surface area contributed by atoms with Gasteiger partial charge in [-0.3, -0.25) is 4.79 Å². The molecule has 0 atom stereocenters. The van der Waals surface area contributed by atoms with Crippen molar-refractivity contribution in [1.82, 2.24) is 0 Å². The van der Waals surface area contributed by atoms with E-state index in [-0.39, 0.29) is 5.75 Å². The number of nitrogens with one attached hydrogen (secondary N) is 1. The molecule has 3 heteroatoms. The number of aromatic hydroxyl groups is 1. The van der Waals surface area contributed by atoms with Crippen molar-refractivity contribution in [3.63, 3.8) is 0 Å². The van der Waals surface area contributed by atoms with Crippen molar-refractivity contribution in [3.8, 4) is 5.75 Å². The fourth-order valence-electron chi connectivity index (χ4n) is 1.20. The molecule has 0 radical (unpaired) electrons. The Labute approximate surface area is 77.6 Å². The van der Waals surface area contributed by atoms with Gasteiger partial charge in [0.2, 0.25) is 0 Å². The Morgan fingerprint density at radius 1 is 1.46 bits per heavy atom. The van der Waals surface area contributed by atoms with Gasteiger partial charge in [-0.2, -0.15) is 0 Å². The summed E-state index contributed by atoms with van der Waals surface area (Å²) in [5, 5.41) is 9.45. The molecule has 0 aromatic heterocycles. The molecule has 0 unspecified atom stereocenters. The molecule has 0 saturated heterocycles. The Morgan fingerprint density at radius 3 is 2.69 bits per heavy atom. The zero-order chi connectivity index (χ0) is 9.84. The van der Waals surface area contributed by atoms with Gasteiger partial charge in [0.25, 0.3) is 0 Å². The van der Waals surface area contributed by atoms with E-state index in [1.807, 2.05) is 14.1 Å². The molecule has 2 N–H and O–H groups in total. The summed E-state index contributed by atoms with van der Waals surface area (Å²) in [5.74, 6) is 0.256. The molecule has 0 aliphatic heterocycles. The van der Waals surface area contributed by atoms with Gasteiger partial charge in [0.15, 0.2) is 0 Å². The van der Waals surface area contributed by atoms with Crippen LogP contribution in [0.25, 0.3) is 0 Å². The number of phenols is 1. The molecule has 0 saturated carbocycles.